The predicted octanol–water partition coefficient (Wildman–Crippen LogP) is -2.30. The molecule has 1 aromatic rings. The van der Waals surface area contributed by atoms with Gasteiger partial charge in [-0.2, -0.15) is 0 Å². The Morgan fingerprint density at radius 3 is 2.43 bits per heavy atom. The van der Waals surface area contributed by atoms with Crippen molar-refractivity contribution >= 4 is 11.5 Å². The minimum atomic E-state index is -0.623. The van der Waals surface area contributed by atoms with Gasteiger partial charge in [-0.15, -0.1) is 0 Å². The van der Waals surface area contributed by atoms with E-state index in [0.717, 1.165) is 9.13 Å². The molecule has 7 heteroatoms. The van der Waals surface area contributed by atoms with Gasteiger partial charge in [-0.1, -0.05) is 0 Å². The highest BCUT2D eigenvalue weighted by atomic mass is 16.3. The van der Waals surface area contributed by atoms with E-state index in [2.05, 4.69) is 0 Å². The smallest absolute Gasteiger partial charge is 0.332 e. The van der Waals surface area contributed by atoms with Crippen molar-refractivity contribution in [3.63, 3.8) is 0 Å². The molecule has 0 aliphatic heterocycles. The highest BCUT2D eigenvalue weighted by Crippen LogP contribution is 2.04. The first-order valence-electron chi connectivity index (χ1n) is 3.96. The van der Waals surface area contributed by atoms with Crippen molar-refractivity contribution in [2.24, 2.45) is 7.05 Å². The topological polar surface area (TPSA) is 116 Å². The number of hydrogen-bond donors (Lipinski definition) is 3. The monoisotopic (exact) mass is 200 g/mol. The molecule has 14 heavy (non-hydrogen) atoms. The number of aromatic nitrogens is 2. The summed E-state index contributed by atoms with van der Waals surface area (Å²) in [6, 6.07) is 0. The summed E-state index contributed by atoms with van der Waals surface area (Å²) >= 11 is 0. The molecule has 1 rings (SSSR count). The summed E-state index contributed by atoms with van der Waals surface area (Å²) in [5, 5.41) is 8.68. The van der Waals surface area contributed by atoms with Crippen LogP contribution in [0.1, 0.15) is 0 Å². The molecule has 7 nitrogen and oxygen atoms in total. The van der Waals surface area contributed by atoms with E-state index in [1.807, 2.05) is 0 Å². The van der Waals surface area contributed by atoms with Gasteiger partial charge in [0.25, 0.3) is 5.56 Å². The van der Waals surface area contributed by atoms with Gasteiger partial charge in [-0.25, -0.2) is 4.79 Å². The summed E-state index contributed by atoms with van der Waals surface area (Å²) in [5.74, 6) is -0.104. The predicted molar refractivity (Wildman–Crippen MR) is 51.9 cm³/mol. The minimum Gasteiger partial charge on any atom is -0.395 e. The summed E-state index contributed by atoms with van der Waals surface area (Å²) in [7, 11) is 1.30. The second-order valence-corrected chi connectivity index (χ2v) is 2.82. The normalized spacial score (nSPS) is 10.4. The van der Waals surface area contributed by atoms with Gasteiger partial charge in [-0.3, -0.25) is 13.9 Å². The van der Waals surface area contributed by atoms with Crippen LogP contribution in [-0.4, -0.2) is 20.8 Å². The highest BCUT2D eigenvalue weighted by molar-refractivity contribution is 5.56. The summed E-state index contributed by atoms with van der Waals surface area (Å²) in [5.41, 5.74) is 9.44. The van der Waals surface area contributed by atoms with Crippen molar-refractivity contribution in [3.05, 3.63) is 20.8 Å². The minimum absolute atomic E-state index is 0.0169. The summed E-state index contributed by atoms with van der Waals surface area (Å²) in [6.07, 6.45) is 0. The third-order valence-electron chi connectivity index (χ3n) is 1.94. The zero-order valence-electron chi connectivity index (χ0n) is 7.73. The number of nitrogens with two attached hydrogens (primary N) is 2. The molecule has 5 N–H and O–H groups in total. The van der Waals surface area contributed by atoms with Gasteiger partial charge in [0.1, 0.15) is 11.5 Å². The maximum Gasteiger partial charge on any atom is 0.332 e. The Morgan fingerprint density at radius 2 is 1.93 bits per heavy atom. The Morgan fingerprint density at radius 1 is 1.36 bits per heavy atom. The number of aliphatic hydroxyl groups excluding tert-OH is 1. The first-order chi connectivity index (χ1) is 6.50. The van der Waals surface area contributed by atoms with Gasteiger partial charge in [0.15, 0.2) is 0 Å². The molecule has 0 atom stereocenters. The van der Waals surface area contributed by atoms with Crippen molar-refractivity contribution in [2.45, 2.75) is 6.54 Å². The lowest BCUT2D eigenvalue weighted by atomic mass is 10.4. The van der Waals surface area contributed by atoms with Crippen LogP contribution < -0.4 is 22.7 Å². The average molecular weight is 200 g/mol. The Bertz CT molecular complexity index is 459. The van der Waals surface area contributed by atoms with E-state index in [1.165, 1.54) is 7.05 Å². The molecule has 0 radical (unpaired) electrons. The zero-order valence-corrected chi connectivity index (χ0v) is 7.73. The lowest BCUT2D eigenvalue weighted by Gasteiger charge is -2.11. The van der Waals surface area contributed by atoms with Gasteiger partial charge < -0.3 is 16.6 Å². The average Bonchev–Trinajstić information content (AvgIpc) is 2.19. The highest BCUT2D eigenvalue weighted by Gasteiger charge is 2.11. The maximum atomic E-state index is 11.4. The van der Waals surface area contributed by atoms with Crippen molar-refractivity contribution in [2.75, 3.05) is 18.1 Å². The first kappa shape index (κ1) is 10.3. The van der Waals surface area contributed by atoms with E-state index in [9.17, 15) is 9.59 Å². The van der Waals surface area contributed by atoms with Crippen LogP contribution in [0.15, 0.2) is 9.59 Å². The van der Waals surface area contributed by atoms with Gasteiger partial charge >= 0.3 is 5.69 Å². The van der Waals surface area contributed by atoms with E-state index in [-0.39, 0.29) is 24.7 Å². The Labute approximate surface area is 79.2 Å². The number of nitrogens with zero attached hydrogens (tertiary/aromatic N) is 2. The molecule has 0 amide bonds. The van der Waals surface area contributed by atoms with Gasteiger partial charge in [0, 0.05) is 7.05 Å². The molecular weight excluding hydrogens is 188 g/mol. The zero-order chi connectivity index (χ0) is 10.9. The Balaban J connectivity index is 3.60. The molecule has 1 heterocycles. The molecule has 1 aromatic heterocycles. The number of aliphatic hydroxyl groups is 1. The largest absolute Gasteiger partial charge is 0.395 e. The first-order valence-corrected chi connectivity index (χ1v) is 3.96. The molecule has 0 spiro atoms. The molecule has 0 bridgehead atoms. The number of hydrogen-bond acceptors (Lipinski definition) is 5. The fraction of sp³-hybridized carbons (Fsp3) is 0.429. The van der Waals surface area contributed by atoms with Crippen LogP contribution in [0, 0.1) is 0 Å². The molecule has 0 aliphatic carbocycles. The summed E-state index contributed by atoms with van der Waals surface area (Å²) in [6.45, 7) is -0.231. The van der Waals surface area contributed by atoms with Crippen LogP contribution in [0.3, 0.4) is 0 Å². The number of rotatable bonds is 2. The van der Waals surface area contributed by atoms with Crippen LogP contribution in [-0.2, 0) is 13.6 Å². The lowest BCUT2D eigenvalue weighted by molar-refractivity contribution is 0.273. The third kappa shape index (κ3) is 1.37. The molecule has 78 valence electrons. The van der Waals surface area contributed by atoms with E-state index >= 15 is 0 Å². The molecule has 0 aliphatic rings. The number of nitrogen functional groups attached to an aromatic ring is 2. The Hall–Kier alpha value is -1.76. The van der Waals surface area contributed by atoms with Gasteiger partial charge in [-0.05, 0) is 0 Å². The van der Waals surface area contributed by atoms with Crippen LogP contribution in [0.25, 0.3) is 0 Å². The number of anilines is 2. The third-order valence-corrected chi connectivity index (χ3v) is 1.94. The molecule has 0 saturated heterocycles. The quantitative estimate of drug-likeness (QED) is 0.496. The van der Waals surface area contributed by atoms with Crippen LogP contribution >= 0.6 is 0 Å². The SMILES string of the molecule is Cn1c(=O)c(N)c(N)n(CCO)c1=O. The lowest BCUT2D eigenvalue weighted by Crippen LogP contribution is -2.41. The standard InChI is InChI=1S/C7H12N4O3/c1-10-6(13)4(8)5(9)11(2-3-12)7(10)14/h12H,2-3,8-9H2,1H3. The molecule has 0 aromatic carbocycles. The second kappa shape index (κ2) is 3.54. The van der Waals surface area contributed by atoms with Gasteiger partial charge in [0.2, 0.25) is 0 Å². The molecular formula is C7H12N4O3. The van der Waals surface area contributed by atoms with Gasteiger partial charge in [0.05, 0.1) is 13.2 Å². The van der Waals surface area contributed by atoms with E-state index < -0.39 is 11.2 Å². The van der Waals surface area contributed by atoms with E-state index in [4.69, 9.17) is 16.6 Å². The van der Waals surface area contributed by atoms with Crippen molar-refractivity contribution in [3.8, 4) is 0 Å². The second-order valence-electron chi connectivity index (χ2n) is 2.82. The van der Waals surface area contributed by atoms with Crippen LogP contribution in [0.4, 0.5) is 11.5 Å². The van der Waals surface area contributed by atoms with Crippen LogP contribution in [0.2, 0.25) is 0 Å². The summed E-state index contributed by atoms with van der Waals surface area (Å²) in [4.78, 5) is 22.7. The van der Waals surface area contributed by atoms with Crippen molar-refractivity contribution < 1.29 is 5.11 Å². The van der Waals surface area contributed by atoms with E-state index in [0.29, 0.717) is 0 Å². The van der Waals surface area contributed by atoms with E-state index in [1.54, 1.807) is 0 Å². The molecule has 0 fully saturated rings. The molecule has 0 unspecified atom stereocenters. The molecule has 0 saturated carbocycles. The fourth-order valence-electron chi connectivity index (χ4n) is 1.12. The fourth-order valence-corrected chi connectivity index (χ4v) is 1.12. The summed E-state index contributed by atoms with van der Waals surface area (Å²) < 4.78 is 1.90. The van der Waals surface area contributed by atoms with Crippen molar-refractivity contribution in [1.29, 1.82) is 0 Å². The van der Waals surface area contributed by atoms with Crippen molar-refractivity contribution in [1.82, 2.24) is 9.13 Å². The maximum absolute atomic E-state index is 11.4. The Kier molecular flexibility index (Phi) is 2.61. The van der Waals surface area contributed by atoms with Crippen LogP contribution in [0.5, 0.6) is 0 Å².